The Labute approximate surface area is 150 Å². The molecule has 0 aromatic heterocycles. The average Bonchev–Trinajstić information content (AvgIpc) is 2.64. The van der Waals surface area contributed by atoms with E-state index in [1.807, 2.05) is 55.5 Å². The summed E-state index contributed by atoms with van der Waals surface area (Å²) in [7, 11) is 0. The average molecular weight is 347 g/mol. The van der Waals surface area contributed by atoms with Crippen molar-refractivity contribution < 1.29 is 9.66 Å². The van der Waals surface area contributed by atoms with Crippen molar-refractivity contribution >= 4 is 17.6 Å². The maximum atomic E-state index is 10.6. The third-order valence-corrected chi connectivity index (χ3v) is 3.59. The van der Waals surface area contributed by atoms with E-state index in [-0.39, 0.29) is 5.69 Å². The van der Waals surface area contributed by atoms with E-state index < -0.39 is 4.92 Å². The molecule has 0 aliphatic rings. The van der Waals surface area contributed by atoms with E-state index in [1.165, 1.54) is 12.1 Å². The maximum absolute atomic E-state index is 10.6. The van der Waals surface area contributed by atoms with Crippen LogP contribution in [0, 0.1) is 17.0 Å². The van der Waals surface area contributed by atoms with E-state index in [0.29, 0.717) is 5.69 Å². The van der Waals surface area contributed by atoms with Gasteiger partial charge in [0.25, 0.3) is 5.69 Å². The van der Waals surface area contributed by atoms with E-state index >= 15 is 0 Å². The summed E-state index contributed by atoms with van der Waals surface area (Å²) < 4.78 is 5.80. The summed E-state index contributed by atoms with van der Waals surface area (Å²) in [5, 5.41) is 14.7. The zero-order chi connectivity index (χ0) is 18.4. The van der Waals surface area contributed by atoms with Crippen molar-refractivity contribution in [1.29, 1.82) is 0 Å². The van der Waals surface area contributed by atoms with Crippen LogP contribution in [0.15, 0.2) is 77.9 Å². The van der Waals surface area contributed by atoms with Crippen molar-refractivity contribution in [2.24, 2.45) is 5.10 Å². The largest absolute Gasteiger partial charge is 0.457 e. The van der Waals surface area contributed by atoms with Crippen LogP contribution in [0.4, 0.5) is 11.4 Å². The highest BCUT2D eigenvalue weighted by Gasteiger charge is 2.03. The molecule has 3 rings (SSSR count). The quantitative estimate of drug-likeness (QED) is 0.380. The highest BCUT2D eigenvalue weighted by molar-refractivity contribution is 5.80. The number of benzene rings is 3. The summed E-state index contributed by atoms with van der Waals surface area (Å²) in [6, 6.07) is 21.5. The summed E-state index contributed by atoms with van der Waals surface area (Å²) in [5.41, 5.74) is 5.59. The Bertz CT molecular complexity index is 920. The smallest absolute Gasteiger partial charge is 0.269 e. The lowest BCUT2D eigenvalue weighted by atomic mass is 10.2. The number of nitro benzene ring substituents is 1. The summed E-state index contributed by atoms with van der Waals surface area (Å²) in [6.07, 6.45) is 1.66. The predicted molar refractivity (Wildman–Crippen MR) is 102 cm³/mol. The lowest BCUT2D eigenvalue weighted by Crippen LogP contribution is -1.92. The van der Waals surface area contributed by atoms with Crippen molar-refractivity contribution in [1.82, 2.24) is 0 Å². The predicted octanol–water partition coefficient (Wildman–Crippen LogP) is 5.14. The number of hydrogen-bond donors (Lipinski definition) is 1. The number of nitrogens with zero attached hydrogens (tertiary/aromatic N) is 2. The fraction of sp³-hybridized carbons (Fsp3) is 0.0500. The van der Waals surface area contributed by atoms with E-state index in [4.69, 9.17) is 4.74 Å². The Balaban J connectivity index is 1.58. The Morgan fingerprint density at radius 2 is 1.73 bits per heavy atom. The minimum atomic E-state index is -0.437. The van der Waals surface area contributed by atoms with Gasteiger partial charge >= 0.3 is 0 Å². The van der Waals surface area contributed by atoms with Gasteiger partial charge in [-0.3, -0.25) is 15.5 Å². The third-order valence-electron chi connectivity index (χ3n) is 3.59. The normalized spacial score (nSPS) is 10.7. The van der Waals surface area contributed by atoms with Crippen LogP contribution in [0.25, 0.3) is 0 Å². The molecule has 0 saturated heterocycles. The molecule has 26 heavy (non-hydrogen) atoms. The number of hydrazone groups is 1. The van der Waals surface area contributed by atoms with Gasteiger partial charge in [0.05, 0.1) is 16.8 Å². The molecule has 0 aliphatic heterocycles. The molecule has 0 aliphatic carbocycles. The van der Waals surface area contributed by atoms with Gasteiger partial charge in [-0.1, -0.05) is 12.1 Å². The molecular formula is C20H17N3O3. The second kappa shape index (κ2) is 7.94. The van der Waals surface area contributed by atoms with Crippen molar-refractivity contribution in [3.8, 4) is 11.5 Å². The van der Waals surface area contributed by atoms with Gasteiger partial charge in [0.1, 0.15) is 11.5 Å². The van der Waals surface area contributed by atoms with Crippen LogP contribution in [0.3, 0.4) is 0 Å². The SMILES string of the molecule is Cc1cccc(Oc2ccc(C=NNc3ccc([N+](=O)[O-])cc3)cc2)c1. The third kappa shape index (κ3) is 4.67. The number of hydrogen-bond acceptors (Lipinski definition) is 5. The molecule has 0 spiro atoms. The molecule has 0 fully saturated rings. The van der Waals surface area contributed by atoms with Crippen LogP contribution in [0.2, 0.25) is 0 Å². The van der Waals surface area contributed by atoms with Crippen LogP contribution in [0.1, 0.15) is 11.1 Å². The van der Waals surface area contributed by atoms with E-state index in [9.17, 15) is 10.1 Å². The molecule has 0 unspecified atom stereocenters. The molecule has 0 amide bonds. The monoisotopic (exact) mass is 347 g/mol. The number of nitro groups is 1. The number of ether oxygens (including phenoxy) is 1. The first-order valence-corrected chi connectivity index (χ1v) is 7.98. The molecule has 1 N–H and O–H groups in total. The first-order valence-electron chi connectivity index (χ1n) is 7.98. The van der Waals surface area contributed by atoms with Crippen molar-refractivity contribution in [3.05, 3.63) is 94.0 Å². The molecule has 0 radical (unpaired) electrons. The summed E-state index contributed by atoms with van der Waals surface area (Å²) in [5.74, 6) is 1.54. The molecule has 3 aromatic carbocycles. The number of aryl methyl sites for hydroxylation is 1. The molecule has 6 nitrogen and oxygen atoms in total. The Morgan fingerprint density at radius 1 is 1.00 bits per heavy atom. The first-order chi connectivity index (χ1) is 12.6. The number of anilines is 1. The zero-order valence-corrected chi connectivity index (χ0v) is 14.1. The lowest BCUT2D eigenvalue weighted by Gasteiger charge is -2.06. The van der Waals surface area contributed by atoms with Crippen LogP contribution >= 0.6 is 0 Å². The Kier molecular flexibility index (Phi) is 5.24. The minimum Gasteiger partial charge on any atom is -0.457 e. The topological polar surface area (TPSA) is 76.8 Å². The van der Waals surface area contributed by atoms with Gasteiger partial charge in [0, 0.05) is 12.1 Å². The summed E-state index contributed by atoms with van der Waals surface area (Å²) >= 11 is 0. The molecule has 0 bridgehead atoms. The van der Waals surface area contributed by atoms with Gasteiger partial charge < -0.3 is 4.74 Å². The fourth-order valence-corrected chi connectivity index (χ4v) is 2.28. The van der Waals surface area contributed by atoms with Gasteiger partial charge in [0.2, 0.25) is 0 Å². The zero-order valence-electron chi connectivity index (χ0n) is 14.1. The molecule has 0 atom stereocenters. The van der Waals surface area contributed by atoms with E-state index in [2.05, 4.69) is 10.5 Å². The molecule has 0 heterocycles. The number of rotatable bonds is 6. The van der Waals surface area contributed by atoms with Gasteiger partial charge in [-0.25, -0.2) is 0 Å². The lowest BCUT2D eigenvalue weighted by molar-refractivity contribution is -0.384. The number of nitrogens with one attached hydrogen (secondary N) is 1. The maximum Gasteiger partial charge on any atom is 0.269 e. The molecular weight excluding hydrogens is 330 g/mol. The Hall–Kier alpha value is -3.67. The minimum absolute atomic E-state index is 0.0451. The molecule has 130 valence electrons. The van der Waals surface area contributed by atoms with Gasteiger partial charge in [-0.15, -0.1) is 0 Å². The van der Waals surface area contributed by atoms with Gasteiger partial charge in [-0.05, 0) is 66.6 Å². The van der Waals surface area contributed by atoms with Gasteiger partial charge in [0.15, 0.2) is 0 Å². The van der Waals surface area contributed by atoms with E-state index in [0.717, 1.165) is 22.6 Å². The molecule has 3 aromatic rings. The second-order valence-corrected chi connectivity index (χ2v) is 5.66. The van der Waals surface area contributed by atoms with Crippen molar-refractivity contribution in [2.45, 2.75) is 6.92 Å². The molecule has 6 heteroatoms. The molecule has 0 saturated carbocycles. The summed E-state index contributed by atoms with van der Waals surface area (Å²) in [4.78, 5) is 10.2. The summed E-state index contributed by atoms with van der Waals surface area (Å²) in [6.45, 7) is 2.02. The van der Waals surface area contributed by atoms with Gasteiger partial charge in [-0.2, -0.15) is 5.10 Å². The second-order valence-electron chi connectivity index (χ2n) is 5.66. The van der Waals surface area contributed by atoms with Crippen LogP contribution in [0.5, 0.6) is 11.5 Å². The Morgan fingerprint density at radius 3 is 2.38 bits per heavy atom. The standard InChI is InChI=1S/C20H17N3O3/c1-15-3-2-4-20(13-15)26-19-11-5-16(6-12-19)14-21-22-17-7-9-18(10-8-17)23(24)25/h2-14,22H,1H3. The van der Waals surface area contributed by atoms with Crippen LogP contribution < -0.4 is 10.2 Å². The van der Waals surface area contributed by atoms with Crippen molar-refractivity contribution in [3.63, 3.8) is 0 Å². The van der Waals surface area contributed by atoms with Crippen LogP contribution in [-0.2, 0) is 0 Å². The first kappa shape index (κ1) is 17.2. The van der Waals surface area contributed by atoms with Crippen molar-refractivity contribution in [2.75, 3.05) is 5.43 Å². The van der Waals surface area contributed by atoms with Crippen LogP contribution in [-0.4, -0.2) is 11.1 Å². The highest BCUT2D eigenvalue weighted by atomic mass is 16.6. The fourth-order valence-electron chi connectivity index (χ4n) is 2.28. The highest BCUT2D eigenvalue weighted by Crippen LogP contribution is 2.22. The van der Waals surface area contributed by atoms with E-state index in [1.54, 1.807) is 18.3 Å². The number of non-ortho nitro benzene ring substituents is 1.